The minimum atomic E-state index is -0.600. The van der Waals surface area contributed by atoms with Crippen LogP contribution in [0.15, 0.2) is 30.5 Å². The van der Waals surface area contributed by atoms with Crippen molar-refractivity contribution in [2.45, 2.75) is 19.3 Å². The zero-order chi connectivity index (χ0) is 16.0. The Kier molecular flexibility index (Phi) is 3.00. The van der Waals surface area contributed by atoms with E-state index < -0.39 is 23.7 Å². The predicted molar refractivity (Wildman–Crippen MR) is 77.1 cm³/mol. The maximum Gasteiger partial charge on any atom is 0.336 e. The molecule has 23 heavy (non-hydrogen) atoms. The number of amides is 2. The van der Waals surface area contributed by atoms with Crippen molar-refractivity contribution in [3.05, 3.63) is 52.8 Å². The van der Waals surface area contributed by atoms with Gasteiger partial charge in [-0.1, -0.05) is 17.2 Å². The minimum absolute atomic E-state index is 0.254. The summed E-state index contributed by atoms with van der Waals surface area (Å²) in [6.07, 6.45) is 3.54. The quantitative estimate of drug-likeness (QED) is 0.843. The lowest BCUT2D eigenvalue weighted by molar-refractivity contribution is -0.174. The van der Waals surface area contributed by atoms with Gasteiger partial charge < -0.3 is 4.84 Å². The number of hydrogen-bond donors (Lipinski definition) is 1. The van der Waals surface area contributed by atoms with Crippen LogP contribution in [0.1, 0.15) is 38.4 Å². The number of fused-ring (bicyclic) bond motifs is 2. The molecule has 1 N–H and O–H groups in total. The van der Waals surface area contributed by atoms with Crippen LogP contribution in [0.5, 0.6) is 0 Å². The molecule has 2 heterocycles. The molecule has 0 saturated carbocycles. The van der Waals surface area contributed by atoms with Gasteiger partial charge in [0, 0.05) is 12.1 Å². The van der Waals surface area contributed by atoms with Crippen LogP contribution in [-0.4, -0.2) is 33.0 Å². The highest BCUT2D eigenvalue weighted by Crippen LogP contribution is 2.27. The molecule has 2 aromatic rings. The molecule has 116 valence electrons. The second kappa shape index (κ2) is 5.05. The monoisotopic (exact) mass is 311 g/mol. The zero-order valence-corrected chi connectivity index (χ0v) is 12.1. The lowest BCUT2D eigenvalue weighted by Gasteiger charge is -2.21. The maximum atomic E-state index is 12.3. The van der Waals surface area contributed by atoms with E-state index in [1.807, 2.05) is 0 Å². The first-order chi connectivity index (χ1) is 11.1. The van der Waals surface area contributed by atoms with Crippen molar-refractivity contribution in [1.82, 2.24) is 15.3 Å². The van der Waals surface area contributed by atoms with Crippen molar-refractivity contribution < 1.29 is 19.2 Å². The van der Waals surface area contributed by atoms with Gasteiger partial charge in [-0.05, 0) is 30.5 Å². The molecule has 0 saturated heterocycles. The first-order valence-electron chi connectivity index (χ1n) is 7.36. The van der Waals surface area contributed by atoms with E-state index in [4.69, 9.17) is 4.84 Å². The van der Waals surface area contributed by atoms with Gasteiger partial charge in [-0.25, -0.2) is 4.79 Å². The summed E-state index contributed by atoms with van der Waals surface area (Å²) in [7, 11) is 0. The second-order valence-electron chi connectivity index (χ2n) is 5.67. The number of hydroxylamine groups is 2. The molecule has 1 aliphatic carbocycles. The van der Waals surface area contributed by atoms with Gasteiger partial charge in [-0.15, -0.1) is 0 Å². The van der Waals surface area contributed by atoms with Crippen LogP contribution < -0.4 is 0 Å². The molecule has 0 radical (unpaired) electrons. The van der Waals surface area contributed by atoms with E-state index in [2.05, 4.69) is 10.2 Å². The summed E-state index contributed by atoms with van der Waals surface area (Å²) in [5.41, 5.74) is 2.50. The van der Waals surface area contributed by atoms with E-state index in [0.29, 0.717) is 24.3 Å². The van der Waals surface area contributed by atoms with Crippen molar-refractivity contribution in [3.63, 3.8) is 0 Å². The Hall–Kier alpha value is -2.96. The summed E-state index contributed by atoms with van der Waals surface area (Å²) in [6.45, 7) is 0. The Morgan fingerprint density at radius 1 is 1.22 bits per heavy atom. The van der Waals surface area contributed by atoms with Gasteiger partial charge in [0.1, 0.15) is 0 Å². The number of carbonyl (C=O) groups excluding carboxylic acids is 3. The molecule has 1 atom stereocenters. The molecule has 1 aromatic carbocycles. The highest BCUT2D eigenvalue weighted by Gasteiger charge is 2.40. The van der Waals surface area contributed by atoms with E-state index in [0.717, 1.165) is 11.3 Å². The van der Waals surface area contributed by atoms with E-state index in [9.17, 15) is 14.4 Å². The number of nitrogens with one attached hydrogen (secondary N) is 1. The lowest BCUT2D eigenvalue weighted by Crippen LogP contribution is -2.36. The van der Waals surface area contributed by atoms with Crippen LogP contribution in [0, 0.1) is 5.92 Å². The fourth-order valence-corrected chi connectivity index (χ4v) is 3.02. The number of aromatic nitrogens is 2. The molecular weight excluding hydrogens is 298 g/mol. The number of imide groups is 1. The van der Waals surface area contributed by atoms with Gasteiger partial charge in [0.05, 0.1) is 23.2 Å². The first kappa shape index (κ1) is 13.7. The number of aromatic amines is 1. The molecule has 2 aliphatic rings. The molecule has 7 heteroatoms. The maximum absolute atomic E-state index is 12.3. The summed E-state index contributed by atoms with van der Waals surface area (Å²) in [5.74, 6) is -2.17. The standard InChI is InChI=1S/C16H13N3O4/c20-14-11-3-1-2-4-12(11)15(21)19(14)23-16(22)9-5-6-10-8-17-18-13(10)7-9/h1-4,8-9H,5-7H2,(H,17,18). The van der Waals surface area contributed by atoms with Gasteiger partial charge in [0.25, 0.3) is 11.8 Å². The number of hydrogen-bond acceptors (Lipinski definition) is 5. The molecule has 4 rings (SSSR count). The van der Waals surface area contributed by atoms with Gasteiger partial charge in [-0.2, -0.15) is 5.10 Å². The Morgan fingerprint density at radius 3 is 2.61 bits per heavy atom. The Balaban J connectivity index is 1.50. The molecule has 0 fully saturated rings. The van der Waals surface area contributed by atoms with Crippen molar-refractivity contribution >= 4 is 17.8 Å². The number of nitrogens with zero attached hydrogens (tertiary/aromatic N) is 2. The number of rotatable bonds is 2. The topological polar surface area (TPSA) is 92.4 Å². The van der Waals surface area contributed by atoms with Crippen molar-refractivity contribution in [3.8, 4) is 0 Å². The molecular formula is C16H13N3O4. The Bertz CT molecular complexity index is 791. The number of aryl methyl sites for hydroxylation is 1. The van der Waals surface area contributed by atoms with Gasteiger partial charge in [0.15, 0.2) is 0 Å². The van der Waals surface area contributed by atoms with Crippen LogP contribution in [-0.2, 0) is 22.5 Å². The molecule has 7 nitrogen and oxygen atoms in total. The van der Waals surface area contributed by atoms with Crippen LogP contribution in [0.25, 0.3) is 0 Å². The summed E-state index contributed by atoms with van der Waals surface area (Å²) < 4.78 is 0. The van der Waals surface area contributed by atoms with Crippen LogP contribution >= 0.6 is 0 Å². The molecule has 1 aliphatic heterocycles. The zero-order valence-electron chi connectivity index (χ0n) is 12.1. The highest BCUT2D eigenvalue weighted by molar-refractivity contribution is 6.20. The SMILES string of the molecule is O=C(ON1C(=O)c2ccccc2C1=O)C1CCc2cn[nH]c2C1. The van der Waals surface area contributed by atoms with Crippen LogP contribution in [0.4, 0.5) is 0 Å². The van der Waals surface area contributed by atoms with E-state index in [-0.39, 0.29) is 11.1 Å². The van der Waals surface area contributed by atoms with E-state index in [1.54, 1.807) is 30.5 Å². The average Bonchev–Trinajstić information content (AvgIpc) is 3.13. The van der Waals surface area contributed by atoms with Crippen LogP contribution in [0.3, 0.4) is 0 Å². The largest absolute Gasteiger partial charge is 0.336 e. The highest BCUT2D eigenvalue weighted by atomic mass is 16.7. The number of H-pyrrole nitrogens is 1. The lowest BCUT2D eigenvalue weighted by atomic mass is 9.88. The third-order valence-corrected chi connectivity index (χ3v) is 4.29. The van der Waals surface area contributed by atoms with Crippen molar-refractivity contribution in [1.29, 1.82) is 0 Å². The normalized spacial score (nSPS) is 19.5. The molecule has 1 aromatic heterocycles. The molecule has 0 bridgehead atoms. The Morgan fingerprint density at radius 2 is 1.91 bits per heavy atom. The van der Waals surface area contributed by atoms with E-state index in [1.165, 1.54) is 0 Å². The fraction of sp³-hybridized carbons (Fsp3) is 0.250. The predicted octanol–water partition coefficient (Wildman–Crippen LogP) is 1.27. The van der Waals surface area contributed by atoms with Gasteiger partial charge >= 0.3 is 5.97 Å². The van der Waals surface area contributed by atoms with E-state index >= 15 is 0 Å². The third-order valence-electron chi connectivity index (χ3n) is 4.29. The first-order valence-corrected chi connectivity index (χ1v) is 7.36. The fourth-order valence-electron chi connectivity index (χ4n) is 3.02. The smallest absolute Gasteiger partial charge is 0.329 e. The van der Waals surface area contributed by atoms with Crippen LogP contribution in [0.2, 0.25) is 0 Å². The average molecular weight is 311 g/mol. The summed E-state index contributed by atoms with van der Waals surface area (Å²) in [5, 5.41) is 7.38. The Labute approximate surface area is 131 Å². The number of carbonyl (C=O) groups is 3. The molecule has 1 unspecified atom stereocenters. The van der Waals surface area contributed by atoms with Crippen molar-refractivity contribution in [2.24, 2.45) is 5.92 Å². The third kappa shape index (κ3) is 2.12. The van der Waals surface area contributed by atoms with Gasteiger partial charge in [-0.3, -0.25) is 14.7 Å². The second-order valence-corrected chi connectivity index (χ2v) is 5.67. The number of benzene rings is 1. The minimum Gasteiger partial charge on any atom is -0.329 e. The molecule has 0 spiro atoms. The summed E-state index contributed by atoms with van der Waals surface area (Å²) in [6, 6.07) is 6.41. The summed E-state index contributed by atoms with van der Waals surface area (Å²) in [4.78, 5) is 41.8. The van der Waals surface area contributed by atoms with Crippen molar-refractivity contribution in [2.75, 3.05) is 0 Å². The molecule has 2 amide bonds. The van der Waals surface area contributed by atoms with Gasteiger partial charge in [0.2, 0.25) is 0 Å². The summed E-state index contributed by atoms with van der Waals surface area (Å²) >= 11 is 0.